The second-order valence-corrected chi connectivity index (χ2v) is 6.62. The van der Waals surface area contributed by atoms with Crippen LogP contribution in [0.25, 0.3) is 0 Å². The average molecular weight is 476 g/mol. The molecule has 0 bridgehead atoms. The highest BCUT2D eigenvalue weighted by Gasteiger charge is 2.09. The van der Waals surface area contributed by atoms with E-state index in [4.69, 9.17) is 15.2 Å². The monoisotopic (exact) mass is 476 g/mol. The van der Waals surface area contributed by atoms with E-state index in [1.165, 1.54) is 5.56 Å². The van der Waals surface area contributed by atoms with E-state index in [-0.39, 0.29) is 24.0 Å². The van der Waals surface area contributed by atoms with Crippen LogP contribution in [0.2, 0.25) is 0 Å². The smallest absolute Gasteiger partial charge is 0.188 e. The Labute approximate surface area is 174 Å². The third-order valence-electron chi connectivity index (χ3n) is 4.38. The van der Waals surface area contributed by atoms with Gasteiger partial charge in [-0.25, -0.2) is 0 Å². The van der Waals surface area contributed by atoms with E-state index < -0.39 is 0 Å². The van der Waals surface area contributed by atoms with E-state index >= 15 is 0 Å². The van der Waals surface area contributed by atoms with Crippen molar-refractivity contribution in [3.63, 3.8) is 0 Å². The van der Waals surface area contributed by atoms with E-state index in [1.807, 2.05) is 12.1 Å². The molecule has 1 fully saturated rings. The van der Waals surface area contributed by atoms with Crippen LogP contribution in [0.3, 0.4) is 0 Å². The maximum absolute atomic E-state index is 5.96. The summed E-state index contributed by atoms with van der Waals surface area (Å²) in [5.41, 5.74) is 7.25. The predicted octanol–water partition coefficient (Wildman–Crippen LogP) is 2.12. The molecule has 0 spiro atoms. The summed E-state index contributed by atoms with van der Waals surface area (Å²) in [5, 5.41) is 3.21. The zero-order valence-corrected chi connectivity index (χ0v) is 18.3. The molecule has 1 aromatic rings. The highest BCUT2D eigenvalue weighted by molar-refractivity contribution is 14.0. The van der Waals surface area contributed by atoms with Crippen LogP contribution in [0.5, 0.6) is 5.75 Å². The highest BCUT2D eigenvalue weighted by atomic mass is 127. The number of hydrogen-bond donors (Lipinski definition) is 2. The van der Waals surface area contributed by atoms with E-state index in [2.05, 4.69) is 34.3 Å². The zero-order chi connectivity index (χ0) is 17.9. The fourth-order valence-electron chi connectivity index (χ4n) is 2.88. The number of halogens is 1. The van der Waals surface area contributed by atoms with Crippen LogP contribution in [-0.2, 0) is 11.2 Å². The van der Waals surface area contributed by atoms with Crippen LogP contribution in [0.15, 0.2) is 29.3 Å². The number of morpholine rings is 1. The van der Waals surface area contributed by atoms with Gasteiger partial charge in [-0.3, -0.25) is 9.89 Å². The van der Waals surface area contributed by atoms with E-state index in [1.54, 1.807) is 7.11 Å². The predicted molar refractivity (Wildman–Crippen MR) is 118 cm³/mol. The zero-order valence-electron chi connectivity index (χ0n) is 15.9. The lowest BCUT2D eigenvalue weighted by Crippen LogP contribution is -2.39. The van der Waals surface area contributed by atoms with Gasteiger partial charge in [0.2, 0.25) is 0 Å². The summed E-state index contributed by atoms with van der Waals surface area (Å²) in [5.74, 6) is 1.88. The van der Waals surface area contributed by atoms with Crippen molar-refractivity contribution in [3.8, 4) is 5.75 Å². The summed E-state index contributed by atoms with van der Waals surface area (Å²) < 4.78 is 10.5. The average Bonchev–Trinajstić information content (AvgIpc) is 2.65. The first-order valence-corrected chi connectivity index (χ1v) is 9.14. The molecule has 0 amide bonds. The van der Waals surface area contributed by atoms with Crippen molar-refractivity contribution in [2.75, 3.05) is 53.0 Å². The minimum absolute atomic E-state index is 0. The van der Waals surface area contributed by atoms with Gasteiger partial charge in [0, 0.05) is 26.2 Å². The lowest BCUT2D eigenvalue weighted by Gasteiger charge is -2.26. The summed E-state index contributed by atoms with van der Waals surface area (Å²) >= 11 is 0. The molecule has 0 saturated carbocycles. The number of aliphatic imine (C=N–C) groups is 1. The molecule has 1 saturated heterocycles. The van der Waals surface area contributed by atoms with Crippen molar-refractivity contribution >= 4 is 29.9 Å². The molecular formula is C19H33IN4O2. The van der Waals surface area contributed by atoms with Gasteiger partial charge in [0.1, 0.15) is 5.75 Å². The Bertz CT molecular complexity index is 519. The molecule has 0 aromatic heterocycles. The summed E-state index contributed by atoms with van der Waals surface area (Å²) in [4.78, 5) is 6.89. The molecule has 0 aliphatic carbocycles. The first-order valence-electron chi connectivity index (χ1n) is 9.14. The van der Waals surface area contributed by atoms with Crippen molar-refractivity contribution < 1.29 is 9.47 Å². The molecule has 2 rings (SSSR count). The number of guanidine groups is 1. The lowest BCUT2D eigenvalue weighted by molar-refractivity contribution is 0.0376. The fraction of sp³-hybridized carbons (Fsp3) is 0.632. The Hall–Kier alpha value is -1.06. The van der Waals surface area contributed by atoms with Gasteiger partial charge in [-0.05, 0) is 43.0 Å². The van der Waals surface area contributed by atoms with Gasteiger partial charge in [-0.15, -0.1) is 24.0 Å². The number of nitrogens with two attached hydrogens (primary N) is 1. The second kappa shape index (κ2) is 13.2. The van der Waals surface area contributed by atoms with Crippen molar-refractivity contribution in [2.45, 2.75) is 19.8 Å². The molecule has 1 aromatic carbocycles. The molecule has 6 nitrogen and oxygen atoms in total. The first kappa shape index (κ1) is 23.0. The number of benzene rings is 1. The van der Waals surface area contributed by atoms with Gasteiger partial charge in [0.25, 0.3) is 0 Å². The Morgan fingerprint density at radius 1 is 1.31 bits per heavy atom. The third-order valence-corrected chi connectivity index (χ3v) is 4.38. The summed E-state index contributed by atoms with van der Waals surface area (Å²) in [6, 6.07) is 8.20. The Morgan fingerprint density at radius 2 is 2.00 bits per heavy atom. The Kier molecular flexibility index (Phi) is 11.6. The number of rotatable bonds is 9. The molecule has 1 unspecified atom stereocenters. The second-order valence-electron chi connectivity index (χ2n) is 6.62. The van der Waals surface area contributed by atoms with Gasteiger partial charge in [-0.2, -0.15) is 0 Å². The minimum Gasteiger partial charge on any atom is -0.497 e. The molecule has 0 radical (unpaired) electrons. The number of nitrogens with zero attached hydrogens (tertiary/aromatic N) is 2. The van der Waals surface area contributed by atoms with Crippen LogP contribution >= 0.6 is 24.0 Å². The maximum Gasteiger partial charge on any atom is 0.188 e. The van der Waals surface area contributed by atoms with Crippen molar-refractivity contribution in [1.82, 2.24) is 10.2 Å². The normalized spacial score (nSPS) is 16.6. The topological polar surface area (TPSA) is 72.1 Å². The number of methoxy groups -OCH3 is 1. The van der Waals surface area contributed by atoms with Crippen molar-refractivity contribution in [1.29, 1.82) is 0 Å². The molecule has 148 valence electrons. The number of ether oxygens (including phenoxy) is 2. The number of nitrogens with one attached hydrogen (secondary N) is 1. The van der Waals surface area contributed by atoms with Crippen molar-refractivity contribution in [3.05, 3.63) is 29.8 Å². The van der Waals surface area contributed by atoms with E-state index in [9.17, 15) is 0 Å². The molecule has 1 atom stereocenters. The molecule has 1 heterocycles. The van der Waals surface area contributed by atoms with Crippen LogP contribution in [0.1, 0.15) is 18.9 Å². The molecule has 1 aliphatic rings. The van der Waals surface area contributed by atoms with Crippen LogP contribution < -0.4 is 15.8 Å². The quantitative estimate of drug-likeness (QED) is 0.247. The fourth-order valence-corrected chi connectivity index (χ4v) is 2.88. The van der Waals surface area contributed by atoms with Crippen LogP contribution in [0, 0.1) is 5.92 Å². The van der Waals surface area contributed by atoms with Gasteiger partial charge < -0.3 is 20.5 Å². The molecule has 7 heteroatoms. The lowest BCUT2D eigenvalue weighted by atomic mass is 10.0. The number of hydrogen-bond acceptors (Lipinski definition) is 4. The van der Waals surface area contributed by atoms with Crippen LogP contribution in [-0.4, -0.2) is 63.9 Å². The highest BCUT2D eigenvalue weighted by Crippen LogP contribution is 2.14. The van der Waals surface area contributed by atoms with Crippen molar-refractivity contribution in [2.24, 2.45) is 16.6 Å². The molecule has 26 heavy (non-hydrogen) atoms. The van der Waals surface area contributed by atoms with Gasteiger partial charge in [0.15, 0.2) is 5.96 Å². The summed E-state index contributed by atoms with van der Waals surface area (Å²) in [7, 11) is 1.68. The Balaban J connectivity index is 0.00000338. The third kappa shape index (κ3) is 9.05. The molecule has 1 aliphatic heterocycles. The molecule has 3 N–H and O–H groups in total. The van der Waals surface area contributed by atoms with E-state index in [0.717, 1.165) is 64.5 Å². The molecular weight excluding hydrogens is 443 g/mol. The summed E-state index contributed by atoms with van der Waals surface area (Å²) in [6.45, 7) is 8.63. The van der Waals surface area contributed by atoms with Gasteiger partial charge in [-0.1, -0.05) is 19.1 Å². The SMILES string of the molecule is COc1ccc(CC(C)CN=C(N)NCCCN2CCOCC2)cc1.I. The first-order chi connectivity index (χ1) is 12.2. The standard InChI is InChI=1S/C19H32N4O2.HI/c1-16(14-17-4-6-18(24-2)7-5-17)15-22-19(20)21-8-3-9-23-10-12-25-13-11-23;/h4-7,16H,3,8-15H2,1-2H3,(H3,20,21,22);1H. The maximum atomic E-state index is 5.96. The van der Waals surface area contributed by atoms with Crippen LogP contribution in [0.4, 0.5) is 0 Å². The minimum atomic E-state index is 0. The van der Waals surface area contributed by atoms with Gasteiger partial charge >= 0.3 is 0 Å². The Morgan fingerprint density at radius 3 is 2.65 bits per heavy atom. The van der Waals surface area contributed by atoms with Gasteiger partial charge in [0.05, 0.1) is 20.3 Å². The van der Waals surface area contributed by atoms with E-state index in [0.29, 0.717) is 11.9 Å². The largest absolute Gasteiger partial charge is 0.497 e. The summed E-state index contributed by atoms with van der Waals surface area (Å²) in [6.07, 6.45) is 2.05.